The van der Waals surface area contributed by atoms with Crippen LogP contribution in [0.3, 0.4) is 0 Å². The molecule has 1 aromatic heterocycles. The van der Waals surface area contributed by atoms with Crippen LogP contribution in [0.4, 0.5) is 10.2 Å². The van der Waals surface area contributed by atoms with Crippen molar-refractivity contribution in [3.05, 3.63) is 40.7 Å². The quantitative estimate of drug-likeness (QED) is 0.622. The fourth-order valence-electron chi connectivity index (χ4n) is 2.29. The van der Waals surface area contributed by atoms with Gasteiger partial charge in [0.1, 0.15) is 11.0 Å². The molecule has 1 N–H and O–H groups in total. The second-order valence-electron chi connectivity index (χ2n) is 6.99. The van der Waals surface area contributed by atoms with Crippen LogP contribution in [-0.4, -0.2) is 31.1 Å². The Kier molecular flexibility index (Phi) is 5.15. The number of hydrogen-bond donors (Lipinski definition) is 1. The Morgan fingerprint density at radius 3 is 2.67 bits per heavy atom. The molecule has 0 fully saturated rings. The van der Waals surface area contributed by atoms with Crippen molar-refractivity contribution in [3.8, 4) is 0 Å². The van der Waals surface area contributed by atoms with E-state index in [9.17, 15) is 9.18 Å². The number of ether oxygens (including phenoxy) is 1. The average Bonchev–Trinajstić information content (AvgIpc) is 2.48. The molecule has 1 aliphatic rings. The van der Waals surface area contributed by atoms with Crippen LogP contribution in [0, 0.1) is 0 Å². The molecule has 1 unspecified atom stereocenters. The van der Waals surface area contributed by atoms with Crippen LogP contribution in [0.25, 0.3) is 0 Å². The van der Waals surface area contributed by atoms with E-state index >= 15 is 0 Å². The van der Waals surface area contributed by atoms with Gasteiger partial charge in [-0.15, -0.1) is 0 Å². The van der Waals surface area contributed by atoms with E-state index in [1.807, 2.05) is 0 Å². The van der Waals surface area contributed by atoms with Gasteiger partial charge in [0.2, 0.25) is 0 Å². The number of nitrogens with zero attached hydrogens (tertiary/aromatic N) is 2. The molecule has 0 saturated carbocycles. The summed E-state index contributed by atoms with van der Waals surface area (Å²) in [6.45, 7) is 8.70. The molecular weight excluding hydrogens is 349 g/mol. The number of allylic oxidation sites excluding steroid dienone is 3. The fourth-order valence-corrected chi connectivity index (χ4v) is 3.70. The second-order valence-corrected chi connectivity index (χ2v) is 13.0. The maximum atomic E-state index is 14.6. The minimum absolute atomic E-state index is 0.0471. The lowest BCUT2D eigenvalue weighted by Crippen LogP contribution is -2.37. The van der Waals surface area contributed by atoms with Gasteiger partial charge in [0.25, 0.3) is 0 Å². The molecule has 1 heterocycles. The van der Waals surface area contributed by atoms with Crippen molar-refractivity contribution < 1.29 is 13.9 Å². The third-order valence-electron chi connectivity index (χ3n) is 4.52. The van der Waals surface area contributed by atoms with Gasteiger partial charge < -0.3 is 10.1 Å². The molecule has 8 heteroatoms. The zero-order valence-electron chi connectivity index (χ0n) is 14.4. The smallest absolute Gasteiger partial charge is 0.360 e. The molecule has 130 valence electrons. The van der Waals surface area contributed by atoms with E-state index in [1.54, 1.807) is 12.2 Å². The number of carbonyl (C=O) groups is 1. The van der Waals surface area contributed by atoms with Gasteiger partial charge in [0.15, 0.2) is 11.5 Å². The zero-order valence-corrected chi connectivity index (χ0v) is 16.2. The Hall–Kier alpha value is -1.73. The molecule has 0 saturated heterocycles. The molecule has 1 aromatic rings. The standard InChI is InChI=1S/C16H21ClFN3O2Si/c1-16(24(3,4)5)7-6-11(10(18)8-16)20-14-13(15(22)23-2)19-9-12(17)21-14/h6,8-9H,7H2,1-5H3,(H,20,21). The Morgan fingerprint density at radius 2 is 2.12 bits per heavy atom. The average molecular weight is 370 g/mol. The topological polar surface area (TPSA) is 64.1 Å². The van der Waals surface area contributed by atoms with Crippen LogP contribution in [-0.2, 0) is 4.74 Å². The van der Waals surface area contributed by atoms with E-state index < -0.39 is 14.0 Å². The van der Waals surface area contributed by atoms with E-state index in [0.29, 0.717) is 6.42 Å². The van der Waals surface area contributed by atoms with Crippen LogP contribution in [0.5, 0.6) is 0 Å². The Labute approximate surface area is 147 Å². The number of aromatic nitrogens is 2. The van der Waals surface area contributed by atoms with Gasteiger partial charge >= 0.3 is 5.97 Å². The van der Waals surface area contributed by atoms with Crippen molar-refractivity contribution in [1.82, 2.24) is 9.97 Å². The van der Waals surface area contributed by atoms with Gasteiger partial charge in [0.05, 0.1) is 27.1 Å². The highest BCUT2D eigenvalue weighted by atomic mass is 35.5. The largest absolute Gasteiger partial charge is 0.464 e. The molecule has 0 aliphatic heterocycles. The SMILES string of the molecule is COC(=O)c1ncc(Cl)nc1NC1=CCC(C)([Si](C)(C)C)C=C1F. The van der Waals surface area contributed by atoms with E-state index in [4.69, 9.17) is 11.6 Å². The highest BCUT2D eigenvalue weighted by Crippen LogP contribution is 2.47. The molecule has 24 heavy (non-hydrogen) atoms. The lowest BCUT2D eigenvalue weighted by Gasteiger charge is -2.39. The highest BCUT2D eigenvalue weighted by molar-refractivity contribution is 6.79. The van der Waals surface area contributed by atoms with Gasteiger partial charge in [-0.05, 0) is 17.5 Å². The summed E-state index contributed by atoms with van der Waals surface area (Å²) in [5.74, 6) is -0.973. The number of rotatable bonds is 4. The zero-order chi connectivity index (χ0) is 18.1. The molecule has 1 aliphatic carbocycles. The monoisotopic (exact) mass is 369 g/mol. The molecule has 0 spiro atoms. The summed E-state index contributed by atoms with van der Waals surface area (Å²) in [5.41, 5.74) is 0.210. The predicted molar refractivity (Wildman–Crippen MR) is 95.6 cm³/mol. The summed E-state index contributed by atoms with van der Waals surface area (Å²) < 4.78 is 19.3. The summed E-state index contributed by atoms with van der Waals surface area (Å²) >= 11 is 5.84. The van der Waals surface area contributed by atoms with Crippen LogP contribution in [0.15, 0.2) is 29.9 Å². The maximum absolute atomic E-state index is 14.6. The molecule has 0 bridgehead atoms. The number of esters is 1. The van der Waals surface area contributed by atoms with Gasteiger partial charge in [-0.1, -0.05) is 44.2 Å². The van der Waals surface area contributed by atoms with E-state index in [2.05, 4.69) is 46.6 Å². The number of anilines is 1. The van der Waals surface area contributed by atoms with Gasteiger partial charge in [-0.3, -0.25) is 0 Å². The molecule has 1 atom stereocenters. The van der Waals surface area contributed by atoms with Gasteiger partial charge in [0, 0.05) is 0 Å². The Bertz CT molecular complexity index is 731. The van der Waals surface area contributed by atoms with Crippen LogP contribution >= 0.6 is 11.6 Å². The third kappa shape index (κ3) is 3.67. The summed E-state index contributed by atoms with van der Waals surface area (Å²) in [4.78, 5) is 19.7. The van der Waals surface area contributed by atoms with Crippen molar-refractivity contribution >= 4 is 31.5 Å². The number of hydrogen-bond acceptors (Lipinski definition) is 5. The number of methoxy groups -OCH3 is 1. The van der Waals surface area contributed by atoms with Crippen molar-refractivity contribution in [1.29, 1.82) is 0 Å². The molecule has 0 amide bonds. The summed E-state index contributed by atoms with van der Waals surface area (Å²) in [5, 5.41) is 2.74. The van der Waals surface area contributed by atoms with Crippen molar-refractivity contribution in [3.63, 3.8) is 0 Å². The molecule has 2 rings (SSSR count). The molecule has 0 radical (unpaired) electrons. The van der Waals surface area contributed by atoms with Crippen molar-refractivity contribution in [2.24, 2.45) is 0 Å². The van der Waals surface area contributed by atoms with Crippen molar-refractivity contribution in [2.45, 2.75) is 38.0 Å². The highest BCUT2D eigenvalue weighted by Gasteiger charge is 2.39. The Balaban J connectivity index is 2.33. The summed E-state index contributed by atoms with van der Waals surface area (Å²) in [7, 11) is -0.361. The number of nitrogens with one attached hydrogen (secondary N) is 1. The van der Waals surface area contributed by atoms with E-state index in [1.165, 1.54) is 13.3 Å². The Morgan fingerprint density at radius 1 is 1.46 bits per heavy atom. The molecular formula is C16H21ClFN3O2Si. The molecule has 5 nitrogen and oxygen atoms in total. The molecule has 0 aromatic carbocycles. The van der Waals surface area contributed by atoms with Crippen LogP contribution in [0.2, 0.25) is 29.8 Å². The fraction of sp³-hybridized carbons (Fsp3) is 0.438. The van der Waals surface area contributed by atoms with Gasteiger partial charge in [-0.25, -0.2) is 19.2 Å². The second kappa shape index (κ2) is 6.64. The lowest BCUT2D eigenvalue weighted by molar-refractivity contribution is 0.0595. The third-order valence-corrected chi connectivity index (χ3v) is 8.48. The van der Waals surface area contributed by atoms with Crippen LogP contribution in [0.1, 0.15) is 23.8 Å². The number of carbonyl (C=O) groups excluding carboxylic acids is 1. The summed E-state index contributed by atoms with van der Waals surface area (Å²) in [6, 6.07) is 0. The lowest BCUT2D eigenvalue weighted by atomic mass is 9.99. The predicted octanol–water partition coefficient (Wildman–Crippen LogP) is 4.57. The summed E-state index contributed by atoms with van der Waals surface area (Å²) in [6.07, 6.45) is 5.40. The first-order valence-corrected chi connectivity index (χ1v) is 11.4. The van der Waals surface area contributed by atoms with Crippen LogP contribution < -0.4 is 5.32 Å². The number of halogens is 2. The van der Waals surface area contributed by atoms with Crippen molar-refractivity contribution in [2.75, 3.05) is 12.4 Å². The van der Waals surface area contributed by atoms with Gasteiger partial charge in [-0.2, -0.15) is 0 Å². The normalized spacial score (nSPS) is 21.0. The maximum Gasteiger partial charge on any atom is 0.360 e. The minimum atomic E-state index is -1.60. The van der Waals surface area contributed by atoms with E-state index in [0.717, 1.165) is 0 Å². The first-order chi connectivity index (χ1) is 11.1. The first-order valence-electron chi connectivity index (χ1n) is 7.54. The first kappa shape index (κ1) is 18.6. The minimum Gasteiger partial charge on any atom is -0.464 e. The van der Waals surface area contributed by atoms with E-state index in [-0.39, 0.29) is 33.2 Å².